The van der Waals surface area contributed by atoms with E-state index < -0.39 is 6.10 Å². The first kappa shape index (κ1) is 13.6. The van der Waals surface area contributed by atoms with Crippen molar-refractivity contribution in [3.8, 4) is 0 Å². The molecule has 0 aliphatic rings. The fourth-order valence-corrected chi connectivity index (χ4v) is 1.57. The van der Waals surface area contributed by atoms with Crippen LogP contribution in [0.3, 0.4) is 0 Å². The van der Waals surface area contributed by atoms with Crippen molar-refractivity contribution < 1.29 is 9.84 Å². The van der Waals surface area contributed by atoms with E-state index in [1.165, 1.54) is 0 Å². The van der Waals surface area contributed by atoms with Crippen molar-refractivity contribution in [2.75, 3.05) is 25.6 Å². The van der Waals surface area contributed by atoms with Crippen molar-refractivity contribution in [3.05, 3.63) is 16.0 Å². The molecule has 1 rings (SSSR count). The number of hydrogen-bond acceptors (Lipinski definition) is 5. The van der Waals surface area contributed by atoms with Gasteiger partial charge < -0.3 is 15.2 Å². The van der Waals surface area contributed by atoms with Crippen LogP contribution in [0.1, 0.15) is 6.42 Å². The minimum absolute atomic E-state index is 0.183. The van der Waals surface area contributed by atoms with Crippen LogP contribution < -0.4 is 5.32 Å². The van der Waals surface area contributed by atoms with Crippen LogP contribution in [0, 0.1) is 0 Å². The molecule has 16 heavy (non-hydrogen) atoms. The fraction of sp³-hybridized carbons (Fsp3) is 0.556. The first-order chi connectivity index (χ1) is 7.63. The van der Waals surface area contributed by atoms with E-state index in [1.54, 1.807) is 13.3 Å². The van der Waals surface area contributed by atoms with E-state index >= 15 is 0 Å². The molecule has 1 unspecified atom stereocenters. The molecule has 0 aromatic carbocycles. The van der Waals surface area contributed by atoms with Gasteiger partial charge in [-0.3, -0.25) is 0 Å². The van der Waals surface area contributed by atoms with E-state index in [1.807, 2.05) is 0 Å². The Labute approximate surface area is 107 Å². The number of rotatable bonds is 6. The lowest BCUT2D eigenvalue weighted by Crippen LogP contribution is -2.18. The second-order valence-corrected chi connectivity index (χ2v) is 4.35. The van der Waals surface area contributed by atoms with Gasteiger partial charge in [0.05, 0.1) is 17.2 Å². The van der Waals surface area contributed by atoms with E-state index in [9.17, 15) is 5.11 Å². The fourth-order valence-electron chi connectivity index (χ4n) is 1.10. The van der Waals surface area contributed by atoms with E-state index in [0.29, 0.717) is 25.4 Å². The second-order valence-electron chi connectivity index (χ2n) is 3.16. The van der Waals surface area contributed by atoms with Crippen LogP contribution in [0.2, 0.25) is 5.28 Å². The standard InChI is InChI=1S/C9H13BrClN3O2/c1-16-5-6(15)2-3-12-8-7(10)4-13-9(11)14-8/h4,6,15H,2-3,5H2,1H3,(H,12,13,14). The molecule has 0 saturated carbocycles. The normalized spacial score (nSPS) is 12.5. The number of aliphatic hydroxyl groups excluding tert-OH is 1. The highest BCUT2D eigenvalue weighted by Gasteiger charge is 2.06. The molecule has 0 bridgehead atoms. The number of methoxy groups -OCH3 is 1. The number of anilines is 1. The lowest BCUT2D eigenvalue weighted by molar-refractivity contribution is 0.0615. The molecule has 0 aliphatic carbocycles. The average molecular weight is 311 g/mol. The summed E-state index contributed by atoms with van der Waals surface area (Å²) in [5.41, 5.74) is 0. The number of hydrogen-bond donors (Lipinski definition) is 2. The predicted molar refractivity (Wildman–Crippen MR) is 65.7 cm³/mol. The van der Waals surface area contributed by atoms with E-state index in [4.69, 9.17) is 16.3 Å². The molecule has 1 aromatic heterocycles. The van der Waals surface area contributed by atoms with Crippen molar-refractivity contribution in [3.63, 3.8) is 0 Å². The summed E-state index contributed by atoms with van der Waals surface area (Å²) in [5, 5.41) is 12.6. The van der Waals surface area contributed by atoms with Crippen LogP contribution in [0.25, 0.3) is 0 Å². The van der Waals surface area contributed by atoms with Gasteiger partial charge in [-0.1, -0.05) is 0 Å². The van der Waals surface area contributed by atoms with Gasteiger partial charge in [0.15, 0.2) is 0 Å². The van der Waals surface area contributed by atoms with Crippen LogP contribution in [-0.4, -0.2) is 41.4 Å². The molecule has 1 heterocycles. The zero-order chi connectivity index (χ0) is 12.0. The summed E-state index contributed by atoms with van der Waals surface area (Å²) >= 11 is 8.95. The maximum absolute atomic E-state index is 9.42. The first-order valence-electron chi connectivity index (χ1n) is 4.72. The Kier molecular flexibility index (Phi) is 5.97. The average Bonchev–Trinajstić information content (AvgIpc) is 2.23. The zero-order valence-electron chi connectivity index (χ0n) is 8.78. The molecule has 0 amide bonds. The van der Waals surface area contributed by atoms with Gasteiger partial charge in [-0.25, -0.2) is 4.98 Å². The van der Waals surface area contributed by atoms with Gasteiger partial charge in [0.1, 0.15) is 5.82 Å². The lowest BCUT2D eigenvalue weighted by atomic mass is 10.2. The van der Waals surface area contributed by atoms with Crippen molar-refractivity contribution >= 4 is 33.3 Å². The van der Waals surface area contributed by atoms with E-state index in [2.05, 4.69) is 31.2 Å². The third-order valence-electron chi connectivity index (χ3n) is 1.84. The van der Waals surface area contributed by atoms with E-state index in [-0.39, 0.29) is 5.28 Å². The molecule has 5 nitrogen and oxygen atoms in total. The highest BCUT2D eigenvalue weighted by molar-refractivity contribution is 9.10. The second kappa shape index (κ2) is 7.01. The molecule has 0 radical (unpaired) electrons. The Morgan fingerprint density at radius 3 is 3.12 bits per heavy atom. The van der Waals surface area contributed by atoms with Crippen molar-refractivity contribution in [1.29, 1.82) is 0 Å². The van der Waals surface area contributed by atoms with Crippen LogP contribution in [0.15, 0.2) is 10.7 Å². The third-order valence-corrected chi connectivity index (χ3v) is 2.61. The summed E-state index contributed by atoms with van der Waals surface area (Å²) in [6, 6.07) is 0. The highest BCUT2D eigenvalue weighted by Crippen LogP contribution is 2.19. The molecule has 0 spiro atoms. The SMILES string of the molecule is COCC(O)CCNc1nc(Cl)ncc1Br. The van der Waals surface area contributed by atoms with Gasteiger partial charge in [0.2, 0.25) is 5.28 Å². The Morgan fingerprint density at radius 2 is 2.44 bits per heavy atom. The number of nitrogens with one attached hydrogen (secondary N) is 1. The summed E-state index contributed by atoms with van der Waals surface area (Å²) < 4.78 is 5.55. The van der Waals surface area contributed by atoms with Crippen molar-refractivity contribution in [2.24, 2.45) is 0 Å². The summed E-state index contributed by atoms with van der Waals surface area (Å²) in [4.78, 5) is 7.81. The molecule has 1 atom stereocenters. The van der Waals surface area contributed by atoms with E-state index in [0.717, 1.165) is 4.47 Å². The maximum atomic E-state index is 9.42. The quantitative estimate of drug-likeness (QED) is 0.783. The summed E-state index contributed by atoms with van der Waals surface area (Å²) in [5.74, 6) is 0.615. The number of ether oxygens (including phenoxy) is 1. The summed E-state index contributed by atoms with van der Waals surface area (Å²) in [6.45, 7) is 0.907. The lowest BCUT2D eigenvalue weighted by Gasteiger charge is -2.11. The van der Waals surface area contributed by atoms with Gasteiger partial charge in [-0.05, 0) is 34.0 Å². The Balaban J connectivity index is 2.39. The van der Waals surface area contributed by atoms with Crippen LogP contribution in [0.4, 0.5) is 5.82 Å². The number of aliphatic hydroxyl groups is 1. The van der Waals surface area contributed by atoms with Gasteiger partial charge in [-0.2, -0.15) is 4.98 Å². The summed E-state index contributed by atoms with van der Waals surface area (Å²) in [7, 11) is 1.55. The third kappa shape index (κ3) is 4.61. The number of halogens is 2. The topological polar surface area (TPSA) is 67.3 Å². The maximum Gasteiger partial charge on any atom is 0.224 e. The molecule has 2 N–H and O–H groups in total. The Hall–Kier alpha value is -0.430. The Morgan fingerprint density at radius 1 is 1.69 bits per heavy atom. The highest BCUT2D eigenvalue weighted by atomic mass is 79.9. The van der Waals surface area contributed by atoms with Crippen molar-refractivity contribution in [1.82, 2.24) is 9.97 Å². The smallest absolute Gasteiger partial charge is 0.224 e. The van der Waals surface area contributed by atoms with Gasteiger partial charge in [0, 0.05) is 19.9 Å². The minimum Gasteiger partial charge on any atom is -0.391 e. The monoisotopic (exact) mass is 309 g/mol. The Bertz CT molecular complexity index is 341. The molecule has 90 valence electrons. The number of nitrogens with zero attached hydrogens (tertiary/aromatic N) is 2. The largest absolute Gasteiger partial charge is 0.391 e. The van der Waals surface area contributed by atoms with Crippen LogP contribution >= 0.6 is 27.5 Å². The number of aromatic nitrogens is 2. The molecule has 0 saturated heterocycles. The molecule has 0 aliphatic heterocycles. The van der Waals surface area contributed by atoms with Crippen LogP contribution in [0.5, 0.6) is 0 Å². The predicted octanol–water partition coefficient (Wildman–Crippen LogP) is 1.70. The minimum atomic E-state index is -0.478. The van der Waals surface area contributed by atoms with Gasteiger partial charge in [-0.15, -0.1) is 0 Å². The molecule has 1 aromatic rings. The zero-order valence-corrected chi connectivity index (χ0v) is 11.1. The molecule has 0 fully saturated rings. The summed E-state index contributed by atoms with van der Waals surface area (Å²) in [6.07, 6.45) is 1.67. The molecular weight excluding hydrogens is 297 g/mol. The van der Waals surface area contributed by atoms with Crippen LogP contribution in [-0.2, 0) is 4.74 Å². The first-order valence-corrected chi connectivity index (χ1v) is 5.89. The molecule has 7 heteroatoms. The van der Waals surface area contributed by atoms with Gasteiger partial charge >= 0.3 is 0 Å². The molecular formula is C9H13BrClN3O2. The van der Waals surface area contributed by atoms with Crippen molar-refractivity contribution in [2.45, 2.75) is 12.5 Å². The van der Waals surface area contributed by atoms with Gasteiger partial charge in [0.25, 0.3) is 0 Å².